The lowest BCUT2D eigenvalue weighted by molar-refractivity contribution is -0.140. The van der Waals surface area contributed by atoms with Gasteiger partial charge >= 0.3 is 5.97 Å². The first kappa shape index (κ1) is 11.2. The monoisotopic (exact) mass is 211 g/mol. The molecule has 0 bridgehead atoms. The number of benzene rings is 1. The van der Waals surface area contributed by atoms with Crippen LogP contribution in [0.1, 0.15) is 6.92 Å². The Hall–Kier alpha value is -1.91. The molecule has 0 aromatic heterocycles. The average Bonchev–Trinajstić information content (AvgIpc) is 2.14. The third-order valence-electron chi connectivity index (χ3n) is 1.64. The fourth-order valence-electron chi connectivity index (χ4n) is 1.08. The van der Waals surface area contributed by atoms with Gasteiger partial charge in [0.15, 0.2) is 0 Å². The van der Waals surface area contributed by atoms with E-state index in [4.69, 9.17) is 14.9 Å². The first-order valence-electron chi connectivity index (χ1n) is 4.54. The van der Waals surface area contributed by atoms with Gasteiger partial charge in [0.1, 0.15) is 18.0 Å². The number of anilines is 1. The number of nitrogens with one attached hydrogen (secondary N) is 1. The van der Waals surface area contributed by atoms with Crippen LogP contribution in [0.4, 0.5) is 5.69 Å². The minimum Gasteiger partial charge on any atom is -0.508 e. The molecule has 5 nitrogen and oxygen atoms in total. The van der Waals surface area contributed by atoms with Crippen LogP contribution in [0, 0.1) is 0 Å². The quantitative estimate of drug-likeness (QED) is 0.649. The third kappa shape index (κ3) is 3.76. The minimum atomic E-state index is -0.389. The molecule has 0 amide bonds. The number of aromatic hydroxyl groups is 2. The summed E-state index contributed by atoms with van der Waals surface area (Å²) in [4.78, 5) is 11.0. The molecule has 0 aliphatic heterocycles. The van der Waals surface area contributed by atoms with Gasteiger partial charge in [0, 0.05) is 23.9 Å². The topological polar surface area (TPSA) is 78.8 Å². The van der Waals surface area contributed by atoms with Gasteiger partial charge in [-0.2, -0.15) is 0 Å². The molecular weight excluding hydrogens is 198 g/mol. The molecule has 0 radical (unpaired) electrons. The Morgan fingerprint density at radius 2 is 1.93 bits per heavy atom. The van der Waals surface area contributed by atoms with Gasteiger partial charge < -0.3 is 20.3 Å². The highest BCUT2D eigenvalue weighted by molar-refractivity contribution is 5.75. The molecule has 1 aromatic rings. The maximum absolute atomic E-state index is 11.0. The van der Waals surface area contributed by atoms with Crippen LogP contribution in [-0.4, -0.2) is 29.3 Å². The smallest absolute Gasteiger partial charge is 0.325 e. The largest absolute Gasteiger partial charge is 0.508 e. The van der Waals surface area contributed by atoms with Gasteiger partial charge in [-0.1, -0.05) is 0 Å². The van der Waals surface area contributed by atoms with E-state index in [0.717, 1.165) is 0 Å². The predicted octanol–water partition coefficient (Wildman–Crippen LogP) is 1.07. The van der Waals surface area contributed by atoms with Crippen molar-refractivity contribution in [2.75, 3.05) is 18.5 Å². The lowest BCUT2D eigenvalue weighted by atomic mass is 10.3. The highest BCUT2D eigenvalue weighted by Gasteiger charge is 2.03. The molecule has 82 valence electrons. The predicted molar refractivity (Wildman–Crippen MR) is 54.9 cm³/mol. The van der Waals surface area contributed by atoms with Gasteiger partial charge in [-0.3, -0.25) is 4.79 Å². The number of phenolic OH excluding ortho intramolecular Hbond substituents is 2. The van der Waals surface area contributed by atoms with Crippen molar-refractivity contribution in [1.29, 1.82) is 0 Å². The van der Waals surface area contributed by atoms with Crippen molar-refractivity contribution in [2.45, 2.75) is 6.92 Å². The number of carbonyl (C=O) groups excluding carboxylic acids is 1. The summed E-state index contributed by atoms with van der Waals surface area (Å²) in [7, 11) is 0. The third-order valence-corrected chi connectivity index (χ3v) is 1.64. The number of hydrogen-bond donors (Lipinski definition) is 3. The Balaban J connectivity index is 2.54. The summed E-state index contributed by atoms with van der Waals surface area (Å²) in [6.45, 7) is 2.04. The van der Waals surface area contributed by atoms with Crippen molar-refractivity contribution in [1.82, 2.24) is 0 Å². The van der Waals surface area contributed by atoms with Crippen LogP contribution in [0.5, 0.6) is 11.5 Å². The van der Waals surface area contributed by atoms with Crippen LogP contribution in [0.15, 0.2) is 18.2 Å². The number of esters is 1. The molecule has 0 saturated carbocycles. The highest BCUT2D eigenvalue weighted by atomic mass is 16.5. The normalized spacial score (nSPS) is 9.67. The second kappa shape index (κ2) is 5.09. The van der Waals surface area contributed by atoms with Gasteiger partial charge in [0.25, 0.3) is 0 Å². The summed E-state index contributed by atoms with van der Waals surface area (Å²) < 4.78 is 4.70. The van der Waals surface area contributed by atoms with E-state index in [1.807, 2.05) is 0 Å². The average molecular weight is 211 g/mol. The molecule has 0 fully saturated rings. The molecule has 0 spiro atoms. The van der Waals surface area contributed by atoms with E-state index in [-0.39, 0.29) is 24.0 Å². The Morgan fingerprint density at radius 1 is 1.33 bits per heavy atom. The standard InChI is InChI=1S/C10H13NO4/c1-2-15-10(14)6-11-7-3-8(12)5-9(13)4-7/h3-5,11-13H,2,6H2,1H3. The van der Waals surface area contributed by atoms with Gasteiger partial charge in [-0.05, 0) is 6.92 Å². The minimum absolute atomic E-state index is 0.00324. The molecule has 1 rings (SSSR count). The fourth-order valence-corrected chi connectivity index (χ4v) is 1.08. The zero-order valence-corrected chi connectivity index (χ0v) is 8.36. The van der Waals surface area contributed by atoms with Crippen molar-refractivity contribution in [2.24, 2.45) is 0 Å². The number of ether oxygens (including phenoxy) is 1. The molecule has 0 aliphatic rings. The lowest BCUT2D eigenvalue weighted by Crippen LogP contribution is -2.16. The van der Waals surface area contributed by atoms with Crippen LogP contribution in [0.25, 0.3) is 0 Å². The Labute approximate surface area is 87.3 Å². The van der Waals surface area contributed by atoms with E-state index in [1.54, 1.807) is 6.92 Å². The lowest BCUT2D eigenvalue weighted by Gasteiger charge is -2.06. The Bertz CT molecular complexity index is 331. The van der Waals surface area contributed by atoms with E-state index in [1.165, 1.54) is 18.2 Å². The van der Waals surface area contributed by atoms with Crippen LogP contribution in [0.3, 0.4) is 0 Å². The van der Waals surface area contributed by atoms with E-state index in [2.05, 4.69) is 5.32 Å². The molecular formula is C10H13NO4. The molecule has 0 unspecified atom stereocenters. The van der Waals surface area contributed by atoms with E-state index >= 15 is 0 Å². The second-order valence-electron chi connectivity index (χ2n) is 2.90. The maximum Gasteiger partial charge on any atom is 0.325 e. The van der Waals surface area contributed by atoms with E-state index in [9.17, 15) is 4.79 Å². The van der Waals surface area contributed by atoms with Crippen LogP contribution < -0.4 is 5.32 Å². The van der Waals surface area contributed by atoms with Crippen LogP contribution >= 0.6 is 0 Å². The van der Waals surface area contributed by atoms with Gasteiger partial charge in [0.05, 0.1) is 6.61 Å². The van der Waals surface area contributed by atoms with Crippen molar-refractivity contribution < 1.29 is 19.7 Å². The Kier molecular flexibility index (Phi) is 3.79. The van der Waals surface area contributed by atoms with E-state index in [0.29, 0.717) is 12.3 Å². The summed E-state index contributed by atoms with van der Waals surface area (Å²) >= 11 is 0. The summed E-state index contributed by atoms with van der Waals surface area (Å²) in [5.41, 5.74) is 0.459. The molecule has 0 heterocycles. The number of rotatable bonds is 4. The zero-order valence-electron chi connectivity index (χ0n) is 8.36. The second-order valence-corrected chi connectivity index (χ2v) is 2.90. The van der Waals surface area contributed by atoms with Crippen molar-refractivity contribution in [3.8, 4) is 11.5 Å². The van der Waals surface area contributed by atoms with Gasteiger partial charge in [-0.15, -0.1) is 0 Å². The van der Waals surface area contributed by atoms with Gasteiger partial charge in [-0.25, -0.2) is 0 Å². The molecule has 0 saturated heterocycles. The summed E-state index contributed by atoms with van der Waals surface area (Å²) in [5, 5.41) is 21.0. The van der Waals surface area contributed by atoms with Crippen molar-refractivity contribution in [3.63, 3.8) is 0 Å². The molecule has 3 N–H and O–H groups in total. The summed E-state index contributed by atoms with van der Waals surface area (Å²) in [6.07, 6.45) is 0. The highest BCUT2D eigenvalue weighted by Crippen LogP contribution is 2.23. The molecule has 0 atom stereocenters. The molecule has 0 aliphatic carbocycles. The first-order chi connectivity index (χ1) is 7.11. The van der Waals surface area contributed by atoms with Crippen LogP contribution in [-0.2, 0) is 9.53 Å². The molecule has 15 heavy (non-hydrogen) atoms. The maximum atomic E-state index is 11.0. The summed E-state index contributed by atoms with van der Waals surface area (Å²) in [6, 6.07) is 4.01. The summed E-state index contributed by atoms with van der Waals surface area (Å²) in [5.74, 6) is -0.525. The Morgan fingerprint density at radius 3 is 2.47 bits per heavy atom. The van der Waals surface area contributed by atoms with Crippen molar-refractivity contribution >= 4 is 11.7 Å². The van der Waals surface area contributed by atoms with Crippen molar-refractivity contribution in [3.05, 3.63) is 18.2 Å². The zero-order chi connectivity index (χ0) is 11.3. The van der Waals surface area contributed by atoms with Gasteiger partial charge in [0.2, 0.25) is 0 Å². The van der Waals surface area contributed by atoms with Crippen LogP contribution in [0.2, 0.25) is 0 Å². The van der Waals surface area contributed by atoms with E-state index < -0.39 is 0 Å². The fraction of sp³-hybridized carbons (Fsp3) is 0.300. The number of phenols is 2. The molecule has 1 aromatic carbocycles. The molecule has 5 heteroatoms. The SMILES string of the molecule is CCOC(=O)CNc1cc(O)cc(O)c1. The number of carbonyl (C=O) groups is 1. The first-order valence-corrected chi connectivity index (χ1v) is 4.54. The number of hydrogen-bond acceptors (Lipinski definition) is 5.